The zero-order valence-corrected chi connectivity index (χ0v) is 53.8. The van der Waals surface area contributed by atoms with Crippen LogP contribution in [0.25, 0.3) is 0 Å². The first kappa shape index (κ1) is 78.8. The fraction of sp³-hybridized carbons (Fsp3) is 0.845. The Morgan fingerprint density at radius 1 is 0.424 bits per heavy atom. The Kier molecular flexibility index (Phi) is 51.7. The van der Waals surface area contributed by atoms with Crippen molar-refractivity contribution in [3.05, 3.63) is 60.8 Å². The second-order valence-electron chi connectivity index (χ2n) is 24.6. The van der Waals surface area contributed by atoms with Crippen molar-refractivity contribution >= 4 is 5.91 Å². The van der Waals surface area contributed by atoms with Crippen LogP contribution in [0.3, 0.4) is 0 Å². The van der Waals surface area contributed by atoms with Crippen LogP contribution in [0, 0.1) is 0 Å². The van der Waals surface area contributed by atoms with Gasteiger partial charge >= 0.3 is 0 Å². The molecule has 496 valence electrons. The number of aliphatic hydroxyl groups excluding tert-OH is 8. The second-order valence-corrected chi connectivity index (χ2v) is 24.6. The minimum absolute atomic E-state index is 0.247. The summed E-state index contributed by atoms with van der Waals surface area (Å²) in [6.45, 7) is 2.79. The van der Waals surface area contributed by atoms with Gasteiger partial charge in [-0.05, 0) is 70.6 Å². The van der Waals surface area contributed by atoms with E-state index in [1.54, 1.807) is 6.08 Å². The normalized spacial score (nSPS) is 23.9. The lowest BCUT2D eigenvalue weighted by atomic mass is 9.97. The Morgan fingerprint density at radius 2 is 0.788 bits per heavy atom. The van der Waals surface area contributed by atoms with Crippen molar-refractivity contribution in [2.24, 2.45) is 0 Å². The van der Waals surface area contributed by atoms with Crippen LogP contribution in [0.2, 0.25) is 0 Å². The van der Waals surface area contributed by atoms with Crippen LogP contribution >= 0.6 is 0 Å². The van der Waals surface area contributed by atoms with E-state index in [2.05, 4.69) is 67.8 Å². The molecule has 0 bridgehead atoms. The number of carbonyl (C=O) groups is 1. The summed E-state index contributed by atoms with van der Waals surface area (Å²) in [6.07, 6.45) is 57.1. The standard InChI is InChI=1S/C71H129NO13/c1-3-5-7-9-11-13-15-17-19-21-23-24-25-26-27-28-29-30-31-32-33-34-35-36-37-39-41-43-45-47-49-51-53-55-63(76)72-59(60(75)54-52-50-48-46-44-42-40-38-22-20-18-16-14-12-10-8-6-4-2)58-82-70-68(81)66(79)69(62(57-74)84-70)85-71-67(80)65(78)64(77)61(56-73)83-71/h15,17,21,23,25-26,44,46,52,54,59-62,64-71,73-75,77-81H,3-14,16,18-20,22,24,27-43,45,47-51,53,55-58H2,1-2H3,(H,72,76)/b17-15-,23-21-,26-25-,46-44+,54-52+. The molecule has 0 aliphatic carbocycles. The number of hydrogen-bond acceptors (Lipinski definition) is 13. The molecular formula is C71H129NO13. The number of hydrogen-bond donors (Lipinski definition) is 9. The van der Waals surface area contributed by atoms with Gasteiger partial charge < -0.3 is 65.1 Å². The van der Waals surface area contributed by atoms with Crippen LogP contribution in [-0.2, 0) is 23.7 Å². The highest BCUT2D eigenvalue weighted by Crippen LogP contribution is 2.30. The molecular weight excluding hydrogens is 1070 g/mol. The van der Waals surface area contributed by atoms with E-state index in [-0.39, 0.29) is 18.9 Å². The molecule has 9 N–H and O–H groups in total. The molecule has 0 aromatic carbocycles. The van der Waals surface area contributed by atoms with Crippen LogP contribution in [0.4, 0.5) is 0 Å². The van der Waals surface area contributed by atoms with Gasteiger partial charge in [0, 0.05) is 6.42 Å². The Bertz CT molecular complexity index is 1660. The summed E-state index contributed by atoms with van der Waals surface area (Å²) in [4.78, 5) is 13.3. The number of nitrogens with one attached hydrogen (secondary N) is 1. The topological polar surface area (TPSA) is 228 Å². The van der Waals surface area contributed by atoms with Gasteiger partial charge in [0.2, 0.25) is 5.91 Å². The third-order valence-corrected chi connectivity index (χ3v) is 16.9. The molecule has 0 aromatic heterocycles. The van der Waals surface area contributed by atoms with E-state index in [4.69, 9.17) is 18.9 Å². The molecule has 0 aromatic rings. The average Bonchev–Trinajstić information content (AvgIpc) is 3.29. The van der Waals surface area contributed by atoms with Gasteiger partial charge in [0.1, 0.15) is 48.8 Å². The molecule has 2 aliphatic heterocycles. The number of unbranched alkanes of at least 4 members (excludes halogenated alkanes) is 36. The van der Waals surface area contributed by atoms with E-state index < -0.39 is 86.8 Å². The van der Waals surface area contributed by atoms with Crippen molar-refractivity contribution in [2.75, 3.05) is 19.8 Å². The number of aliphatic hydroxyl groups is 8. The first-order valence-corrected chi connectivity index (χ1v) is 35.0. The lowest BCUT2D eigenvalue weighted by molar-refractivity contribution is -0.359. The van der Waals surface area contributed by atoms with E-state index in [1.807, 2.05) is 6.08 Å². The summed E-state index contributed by atoms with van der Waals surface area (Å²) in [7, 11) is 0. The predicted octanol–water partition coefficient (Wildman–Crippen LogP) is 14.1. The summed E-state index contributed by atoms with van der Waals surface area (Å²) >= 11 is 0. The molecule has 12 atom stereocenters. The van der Waals surface area contributed by atoms with Gasteiger partial charge in [-0.2, -0.15) is 0 Å². The van der Waals surface area contributed by atoms with Gasteiger partial charge in [-0.3, -0.25) is 4.79 Å². The molecule has 0 spiro atoms. The molecule has 14 heteroatoms. The monoisotopic (exact) mass is 1200 g/mol. The minimum atomic E-state index is -1.79. The zero-order valence-electron chi connectivity index (χ0n) is 53.8. The maximum atomic E-state index is 13.3. The summed E-state index contributed by atoms with van der Waals surface area (Å²) in [5.41, 5.74) is 0. The average molecular weight is 1200 g/mol. The predicted molar refractivity (Wildman–Crippen MR) is 346 cm³/mol. The van der Waals surface area contributed by atoms with E-state index in [1.165, 1.54) is 212 Å². The van der Waals surface area contributed by atoms with E-state index in [9.17, 15) is 45.6 Å². The largest absolute Gasteiger partial charge is 0.394 e. The number of rotatable bonds is 57. The van der Waals surface area contributed by atoms with Crippen LogP contribution in [0.1, 0.15) is 290 Å². The Balaban J connectivity index is 1.65. The highest BCUT2D eigenvalue weighted by Gasteiger charge is 2.51. The van der Waals surface area contributed by atoms with Crippen molar-refractivity contribution in [2.45, 2.75) is 364 Å². The molecule has 85 heavy (non-hydrogen) atoms. The van der Waals surface area contributed by atoms with E-state index in [0.29, 0.717) is 12.8 Å². The quantitative estimate of drug-likeness (QED) is 0.0204. The first-order chi connectivity index (χ1) is 41.6. The number of ether oxygens (including phenoxy) is 4. The number of allylic oxidation sites excluding steroid dienone is 9. The van der Waals surface area contributed by atoms with Crippen molar-refractivity contribution in [3.63, 3.8) is 0 Å². The SMILES string of the molecule is CCCCCCC/C=C\C/C=C\C/C=C\CCCCCCCCCCCCCCCCCCCCC(=O)NC(COC1OC(CO)C(OC2OC(CO)C(O)C(O)C2O)C(O)C1O)C(O)/C=C/CC/C=C/CCCCCCCCCCCCCC. The van der Waals surface area contributed by atoms with Gasteiger partial charge in [-0.15, -0.1) is 0 Å². The summed E-state index contributed by atoms with van der Waals surface area (Å²) in [5.74, 6) is -0.247. The van der Waals surface area contributed by atoms with E-state index >= 15 is 0 Å². The smallest absolute Gasteiger partial charge is 0.220 e. The van der Waals surface area contributed by atoms with E-state index in [0.717, 1.165) is 44.9 Å². The van der Waals surface area contributed by atoms with Crippen molar-refractivity contribution in [1.29, 1.82) is 0 Å². The Morgan fingerprint density at radius 3 is 1.24 bits per heavy atom. The molecule has 12 unspecified atom stereocenters. The molecule has 2 rings (SSSR count). The third kappa shape index (κ3) is 40.1. The third-order valence-electron chi connectivity index (χ3n) is 16.9. The maximum absolute atomic E-state index is 13.3. The number of carbonyl (C=O) groups excluding carboxylic acids is 1. The lowest BCUT2D eigenvalue weighted by Crippen LogP contribution is -2.65. The molecule has 2 fully saturated rings. The molecule has 2 heterocycles. The van der Waals surface area contributed by atoms with Gasteiger partial charge in [0.05, 0.1) is 32.0 Å². The van der Waals surface area contributed by atoms with Gasteiger partial charge in [0.15, 0.2) is 12.6 Å². The number of amides is 1. The fourth-order valence-corrected chi connectivity index (χ4v) is 11.3. The lowest BCUT2D eigenvalue weighted by Gasteiger charge is -2.46. The van der Waals surface area contributed by atoms with Gasteiger partial charge in [0.25, 0.3) is 0 Å². The molecule has 1 amide bonds. The van der Waals surface area contributed by atoms with Crippen molar-refractivity contribution in [1.82, 2.24) is 5.32 Å². The fourth-order valence-electron chi connectivity index (χ4n) is 11.3. The maximum Gasteiger partial charge on any atom is 0.220 e. The molecule has 0 saturated carbocycles. The van der Waals surface area contributed by atoms with Crippen LogP contribution in [-0.4, -0.2) is 140 Å². The van der Waals surface area contributed by atoms with Crippen LogP contribution < -0.4 is 5.32 Å². The summed E-state index contributed by atoms with van der Waals surface area (Å²) in [5, 5.41) is 87.3. The first-order valence-electron chi connectivity index (χ1n) is 35.0. The van der Waals surface area contributed by atoms with Gasteiger partial charge in [-0.25, -0.2) is 0 Å². The van der Waals surface area contributed by atoms with Crippen LogP contribution in [0.15, 0.2) is 60.8 Å². The Labute approximate surface area is 517 Å². The molecule has 2 saturated heterocycles. The zero-order chi connectivity index (χ0) is 61.6. The highest BCUT2D eigenvalue weighted by atomic mass is 16.7. The highest BCUT2D eigenvalue weighted by molar-refractivity contribution is 5.76. The van der Waals surface area contributed by atoms with Crippen molar-refractivity contribution in [3.8, 4) is 0 Å². The molecule has 14 nitrogen and oxygen atoms in total. The molecule has 0 radical (unpaired) electrons. The second kappa shape index (κ2) is 55.7. The summed E-state index contributed by atoms with van der Waals surface area (Å²) < 4.78 is 22.8. The minimum Gasteiger partial charge on any atom is -0.394 e. The van der Waals surface area contributed by atoms with Gasteiger partial charge in [-0.1, -0.05) is 274 Å². The molecule has 2 aliphatic rings. The van der Waals surface area contributed by atoms with Crippen LogP contribution in [0.5, 0.6) is 0 Å². The summed E-state index contributed by atoms with van der Waals surface area (Å²) in [6, 6.07) is -0.933. The Hall–Kier alpha value is -2.31. The van der Waals surface area contributed by atoms with Crippen molar-refractivity contribution < 1.29 is 64.6 Å².